The Morgan fingerprint density at radius 3 is 0.865 bits per heavy atom. The number of rotatable bonds is 50. The quantitative estimate of drug-likeness (QED) is 0.0303. The van der Waals surface area contributed by atoms with Crippen LogP contribution in [0.25, 0.3) is 0 Å². The van der Waals surface area contributed by atoms with Gasteiger partial charge in [-0.25, -0.2) is 0 Å². The molecule has 24 heteroatoms. The van der Waals surface area contributed by atoms with Crippen LogP contribution in [0.3, 0.4) is 0 Å². The Morgan fingerprint density at radius 1 is 0.392 bits per heavy atom. The van der Waals surface area contributed by atoms with Crippen molar-refractivity contribution >= 4 is 21.1 Å². The lowest BCUT2D eigenvalue weighted by molar-refractivity contribution is -0.121. The Bertz CT molecular complexity index is 1400. The molecule has 0 saturated carbocycles. The fraction of sp³-hybridized carbons (Fsp3) is 0.980. The highest BCUT2D eigenvalue weighted by Gasteiger charge is 2.58. The van der Waals surface area contributed by atoms with E-state index in [0.29, 0.717) is 123 Å². The Hall–Kier alpha value is -0.790. The second kappa shape index (κ2) is 41.3. The summed E-state index contributed by atoms with van der Waals surface area (Å²) in [7, 11) is -11.2. The van der Waals surface area contributed by atoms with Crippen molar-refractivity contribution in [2.24, 2.45) is 0 Å². The molecule has 74 heavy (non-hydrogen) atoms. The molecule has 13 N–H and O–H groups in total. The monoisotopic (exact) mass is 1110 g/mol. The summed E-state index contributed by atoms with van der Waals surface area (Å²) in [6.07, 6.45) is 3.45. The number of aliphatic hydroxyl groups excluding tert-OH is 7. The molecule has 1 amide bonds. The second-order valence-corrected chi connectivity index (χ2v) is 24.5. The third-order valence-electron chi connectivity index (χ3n) is 13.9. The van der Waals surface area contributed by atoms with Crippen LogP contribution in [0, 0.1) is 0 Å². The highest BCUT2D eigenvalue weighted by molar-refractivity contribution is 7.72. The highest BCUT2D eigenvalue weighted by atomic mass is 31.2. The molecule has 0 aliphatic rings. The van der Waals surface area contributed by atoms with Crippen LogP contribution in [0.4, 0.5) is 0 Å². The zero-order valence-electron chi connectivity index (χ0n) is 46.8. The number of carbonyl (C=O) groups is 1. The normalized spacial score (nSPS) is 16.0. The largest absolute Gasteiger partial charge is 0.392 e. The first kappa shape index (κ1) is 73.2. The molecule has 0 fully saturated rings. The maximum atomic E-state index is 12.9. The molecule has 0 spiro atoms. The lowest BCUT2D eigenvalue weighted by Gasteiger charge is -2.31. The Kier molecular flexibility index (Phi) is 40.8. The molecule has 0 aromatic rings. The predicted octanol–water partition coefficient (Wildman–Crippen LogP) is 1.43. The molecule has 0 aliphatic heterocycles. The van der Waals surface area contributed by atoms with Gasteiger partial charge in [0.1, 0.15) is 0 Å². The number of hydrogen-bond acceptors (Lipinski definition) is 17. The molecule has 0 heterocycles. The minimum atomic E-state index is -5.61. The van der Waals surface area contributed by atoms with Crippen molar-refractivity contribution in [1.29, 1.82) is 0 Å². The van der Waals surface area contributed by atoms with Crippen LogP contribution < -0.4 is 5.32 Å². The summed E-state index contributed by atoms with van der Waals surface area (Å²) in [5, 5.41) is 83.0. The van der Waals surface area contributed by atoms with Crippen LogP contribution in [0.5, 0.6) is 0 Å². The van der Waals surface area contributed by atoms with E-state index in [2.05, 4.69) is 29.8 Å². The van der Waals surface area contributed by atoms with Gasteiger partial charge < -0.3 is 80.4 Å². The van der Waals surface area contributed by atoms with Gasteiger partial charge in [0, 0.05) is 71.7 Å². The van der Waals surface area contributed by atoms with E-state index in [9.17, 15) is 74.4 Å². The van der Waals surface area contributed by atoms with Crippen molar-refractivity contribution in [3.8, 4) is 0 Å². The van der Waals surface area contributed by atoms with Crippen molar-refractivity contribution in [2.45, 2.75) is 193 Å². The molecule has 0 radical (unpaired) electrons. The fourth-order valence-electron chi connectivity index (χ4n) is 8.68. The van der Waals surface area contributed by atoms with Crippen LogP contribution in [0.1, 0.15) is 145 Å². The van der Waals surface area contributed by atoms with E-state index in [1.165, 1.54) is 0 Å². The van der Waals surface area contributed by atoms with Gasteiger partial charge in [0.05, 0.1) is 42.7 Å². The standard InChI is InChI=1S/C50H109N7O15P2/c1-8-42(58)35-54(34-21-49(65)51-23-15-22-50(66,73(67,68)69)74(70,71)72)30-17-26-52(27-18-31-55(36-43(59)9-2)37-44(60)10-3)24-16-25-53(28-19-32-56(38-45(61)11-4)39-46(62)12-5)29-20-33-57(40-47(63)13-6)41-48(64)14-7/h42-48,58-64,66H,8-41H2,1-7H3,(H,51,65)(H2,67,68,69)(H2,70,71,72). The first-order valence-electron chi connectivity index (χ1n) is 28.0. The van der Waals surface area contributed by atoms with Gasteiger partial charge in [-0.1, -0.05) is 48.5 Å². The van der Waals surface area contributed by atoms with Gasteiger partial charge in [-0.15, -0.1) is 0 Å². The van der Waals surface area contributed by atoms with E-state index >= 15 is 0 Å². The van der Waals surface area contributed by atoms with Gasteiger partial charge in [0.25, 0.3) is 5.08 Å². The molecule has 0 saturated heterocycles. The first-order valence-corrected chi connectivity index (χ1v) is 31.2. The lowest BCUT2D eigenvalue weighted by Crippen LogP contribution is -2.41. The highest BCUT2D eigenvalue weighted by Crippen LogP contribution is 2.69. The van der Waals surface area contributed by atoms with Crippen LogP contribution in [-0.4, -0.2) is 268 Å². The summed E-state index contributed by atoms with van der Waals surface area (Å²) in [5.41, 5.74) is 0. The third-order valence-corrected chi connectivity index (χ3v) is 17.8. The van der Waals surface area contributed by atoms with Gasteiger partial charge in [-0.2, -0.15) is 0 Å². The van der Waals surface area contributed by atoms with Crippen LogP contribution in [-0.2, 0) is 13.9 Å². The Balaban J connectivity index is 6.27. The summed E-state index contributed by atoms with van der Waals surface area (Å²) in [5.74, 6) is -0.413. The van der Waals surface area contributed by atoms with Crippen molar-refractivity contribution in [3.05, 3.63) is 0 Å². The number of nitrogens with zero attached hydrogens (tertiary/aromatic N) is 6. The van der Waals surface area contributed by atoms with Crippen LogP contribution >= 0.6 is 15.2 Å². The average molecular weight is 1110 g/mol. The zero-order chi connectivity index (χ0) is 56.3. The number of nitrogens with one attached hydrogen (secondary N) is 1. The van der Waals surface area contributed by atoms with Crippen molar-refractivity contribution in [3.63, 3.8) is 0 Å². The fourth-order valence-corrected chi connectivity index (χ4v) is 10.9. The van der Waals surface area contributed by atoms with Crippen molar-refractivity contribution < 1.29 is 74.4 Å². The molecule has 7 unspecified atom stereocenters. The third kappa shape index (κ3) is 33.6. The van der Waals surface area contributed by atoms with Gasteiger partial charge in [-0.3, -0.25) is 28.6 Å². The van der Waals surface area contributed by atoms with Gasteiger partial charge in [0.15, 0.2) is 0 Å². The Morgan fingerprint density at radius 2 is 0.622 bits per heavy atom. The van der Waals surface area contributed by atoms with E-state index in [-0.39, 0.29) is 19.4 Å². The summed E-state index contributed by atoms with van der Waals surface area (Å²) in [4.78, 5) is 63.9. The maximum Gasteiger partial charge on any atom is 0.369 e. The zero-order valence-corrected chi connectivity index (χ0v) is 48.5. The summed E-state index contributed by atoms with van der Waals surface area (Å²) in [6, 6.07) is 0. The van der Waals surface area contributed by atoms with Crippen molar-refractivity contribution in [2.75, 3.05) is 124 Å². The molecule has 444 valence electrons. The van der Waals surface area contributed by atoms with Gasteiger partial charge in [-0.05, 0) is 149 Å². The maximum absolute atomic E-state index is 12.9. The second-order valence-electron chi connectivity index (χ2n) is 20.5. The van der Waals surface area contributed by atoms with Gasteiger partial charge in [0.2, 0.25) is 5.91 Å². The topological polar surface area (TPSA) is 325 Å². The minimum absolute atomic E-state index is 0.0204. The summed E-state index contributed by atoms with van der Waals surface area (Å²) >= 11 is 0. The summed E-state index contributed by atoms with van der Waals surface area (Å²) < 4.78 is 23.4. The Labute approximate surface area is 445 Å². The van der Waals surface area contributed by atoms with Crippen LogP contribution in [0.15, 0.2) is 0 Å². The first-order chi connectivity index (χ1) is 34.8. The molecular weight excluding hydrogens is 1000 g/mol. The molecule has 0 aliphatic carbocycles. The van der Waals surface area contributed by atoms with E-state index in [1.807, 2.05) is 53.4 Å². The van der Waals surface area contributed by atoms with Crippen LogP contribution in [0.2, 0.25) is 0 Å². The van der Waals surface area contributed by atoms with Gasteiger partial charge >= 0.3 is 15.2 Å². The van der Waals surface area contributed by atoms with Crippen molar-refractivity contribution in [1.82, 2.24) is 34.7 Å². The number of amides is 1. The molecule has 0 aromatic carbocycles. The molecule has 0 bridgehead atoms. The minimum Gasteiger partial charge on any atom is -0.392 e. The average Bonchev–Trinajstić information content (AvgIpc) is 3.34. The molecule has 0 aromatic heterocycles. The van der Waals surface area contributed by atoms with E-state index < -0.39 is 75.3 Å². The smallest absolute Gasteiger partial charge is 0.369 e. The lowest BCUT2D eigenvalue weighted by atomic mass is 10.2. The molecule has 7 atom stereocenters. The van der Waals surface area contributed by atoms with E-state index in [4.69, 9.17) is 0 Å². The predicted molar refractivity (Wildman–Crippen MR) is 292 cm³/mol. The molecule has 22 nitrogen and oxygen atoms in total. The van der Waals surface area contributed by atoms with E-state index in [1.54, 1.807) is 0 Å². The number of hydrogen-bond donors (Lipinski definition) is 13. The summed E-state index contributed by atoms with van der Waals surface area (Å²) in [6.45, 7) is 24.2. The van der Waals surface area contributed by atoms with E-state index in [0.717, 1.165) is 71.5 Å². The SMILES string of the molecule is CCC(O)CN(CCCN(CCCN(CCCN(CC(O)CC)CC(O)CC)CCCN(CC(O)CC)CC(O)CC)CCCN(CC(O)CC)CC(O)CC)CCC(=O)NCCCC(O)(P(=O)(O)O)P(=O)(O)O. The number of carbonyl (C=O) groups excluding carboxylic acids is 1. The molecule has 0 rings (SSSR count). The number of aliphatic hydroxyl groups is 8. The molecular formula is C50H109N7O15P2.